The van der Waals surface area contributed by atoms with E-state index in [1.54, 1.807) is 14.1 Å². The van der Waals surface area contributed by atoms with Crippen molar-refractivity contribution in [2.45, 2.75) is 12.4 Å². The third kappa shape index (κ3) is 5.71. The fourth-order valence-corrected chi connectivity index (χ4v) is 2.14. The van der Waals surface area contributed by atoms with E-state index in [1.807, 2.05) is 0 Å². The number of carbonyl (C=O) groups excluding carboxylic acids is 1. The number of aliphatic hydroxyl groups excluding tert-OH is 1. The lowest BCUT2D eigenvalue weighted by atomic mass is 10.1. The second-order valence-electron chi connectivity index (χ2n) is 5.67. The van der Waals surface area contributed by atoms with Crippen LogP contribution in [0.1, 0.15) is 22.1 Å². The summed E-state index contributed by atoms with van der Waals surface area (Å²) in [6, 6.07) is 4.76. The quantitative estimate of drug-likeness (QED) is 0.689. The molecule has 0 aliphatic carbocycles. The molecular formula is C16H17F3N4O4. The third-order valence-corrected chi connectivity index (χ3v) is 3.39. The molecule has 0 aliphatic heterocycles. The summed E-state index contributed by atoms with van der Waals surface area (Å²) in [5.41, 5.74) is -0.357. The second kappa shape index (κ2) is 8.08. The van der Waals surface area contributed by atoms with E-state index < -0.39 is 36.2 Å². The number of H-pyrrole nitrogens is 1. The fourth-order valence-electron chi connectivity index (χ4n) is 2.14. The molecule has 0 unspecified atom stereocenters. The lowest BCUT2D eigenvalue weighted by molar-refractivity contribution is -0.274. The van der Waals surface area contributed by atoms with Crippen LogP contribution >= 0.6 is 0 Å². The summed E-state index contributed by atoms with van der Waals surface area (Å²) >= 11 is 0. The number of halogens is 3. The predicted octanol–water partition coefficient (Wildman–Crippen LogP) is 1.20. The highest BCUT2D eigenvalue weighted by Gasteiger charge is 2.31. The zero-order chi connectivity index (χ0) is 20.2. The van der Waals surface area contributed by atoms with Crippen LogP contribution in [0, 0.1) is 0 Å². The summed E-state index contributed by atoms with van der Waals surface area (Å²) in [5, 5.41) is 12.0. The van der Waals surface area contributed by atoms with Crippen molar-refractivity contribution in [3.63, 3.8) is 0 Å². The van der Waals surface area contributed by atoms with Gasteiger partial charge >= 0.3 is 6.36 Å². The fraction of sp³-hybridized carbons (Fsp3) is 0.312. The Morgan fingerprint density at radius 1 is 1.33 bits per heavy atom. The molecule has 0 saturated carbocycles. The molecule has 27 heavy (non-hydrogen) atoms. The van der Waals surface area contributed by atoms with Gasteiger partial charge in [-0.1, -0.05) is 12.1 Å². The first-order chi connectivity index (χ1) is 12.6. The summed E-state index contributed by atoms with van der Waals surface area (Å²) in [6.07, 6.45) is -4.82. The zero-order valence-electron chi connectivity index (χ0n) is 14.4. The van der Waals surface area contributed by atoms with Crippen molar-refractivity contribution in [2.24, 2.45) is 0 Å². The number of nitrogens with one attached hydrogen (secondary N) is 2. The maximum atomic E-state index is 12.3. The van der Waals surface area contributed by atoms with Crippen LogP contribution in [0.15, 0.2) is 35.1 Å². The number of anilines is 1. The van der Waals surface area contributed by atoms with Crippen molar-refractivity contribution in [3.05, 3.63) is 51.9 Å². The Kier molecular flexibility index (Phi) is 6.05. The number of nitrogens with zero attached hydrogens (tertiary/aromatic N) is 2. The number of amides is 1. The molecule has 146 valence electrons. The number of carbonyl (C=O) groups is 1. The highest BCUT2D eigenvalue weighted by molar-refractivity contribution is 5.92. The number of aromatic amines is 1. The van der Waals surface area contributed by atoms with Gasteiger partial charge in [-0.05, 0) is 17.7 Å². The minimum atomic E-state index is -4.82. The highest BCUT2D eigenvalue weighted by Crippen LogP contribution is 2.24. The number of rotatable bonds is 6. The van der Waals surface area contributed by atoms with E-state index in [9.17, 15) is 27.9 Å². The van der Waals surface area contributed by atoms with Gasteiger partial charge in [0, 0.05) is 20.2 Å². The number of hydrogen-bond donors (Lipinski definition) is 3. The Labute approximate surface area is 151 Å². The summed E-state index contributed by atoms with van der Waals surface area (Å²) in [6.45, 7) is -0.519. The summed E-state index contributed by atoms with van der Waals surface area (Å²) < 4.78 is 40.3. The van der Waals surface area contributed by atoms with Gasteiger partial charge < -0.3 is 20.1 Å². The molecule has 2 aromatic rings. The number of aromatic nitrogens is 2. The third-order valence-electron chi connectivity index (χ3n) is 3.39. The van der Waals surface area contributed by atoms with Crippen molar-refractivity contribution in [3.8, 4) is 5.75 Å². The van der Waals surface area contributed by atoms with Crippen LogP contribution in [-0.4, -0.2) is 48.0 Å². The molecule has 1 amide bonds. The summed E-state index contributed by atoms with van der Waals surface area (Å²) in [7, 11) is 3.25. The molecule has 0 aliphatic rings. The molecule has 1 atom stereocenters. The van der Waals surface area contributed by atoms with Gasteiger partial charge in [0.2, 0.25) is 5.95 Å². The first-order valence-corrected chi connectivity index (χ1v) is 7.65. The van der Waals surface area contributed by atoms with Crippen molar-refractivity contribution in [1.29, 1.82) is 0 Å². The molecule has 1 aromatic heterocycles. The number of hydrogen-bond acceptors (Lipinski definition) is 6. The monoisotopic (exact) mass is 386 g/mol. The van der Waals surface area contributed by atoms with E-state index in [4.69, 9.17) is 0 Å². The minimum Gasteiger partial charge on any atom is -0.406 e. The van der Waals surface area contributed by atoms with E-state index in [0.717, 1.165) is 18.2 Å². The Balaban J connectivity index is 2.17. The van der Waals surface area contributed by atoms with Crippen LogP contribution < -0.4 is 20.5 Å². The summed E-state index contributed by atoms with van der Waals surface area (Å²) in [4.78, 5) is 31.9. The van der Waals surface area contributed by atoms with E-state index in [1.165, 1.54) is 17.0 Å². The molecule has 0 radical (unpaired) electrons. The van der Waals surface area contributed by atoms with E-state index >= 15 is 0 Å². The average Bonchev–Trinajstić information content (AvgIpc) is 2.58. The Bertz CT molecular complexity index is 850. The van der Waals surface area contributed by atoms with Crippen LogP contribution in [0.5, 0.6) is 5.75 Å². The lowest BCUT2D eigenvalue weighted by Gasteiger charge is -2.18. The van der Waals surface area contributed by atoms with Gasteiger partial charge in [-0.2, -0.15) is 0 Å². The van der Waals surface area contributed by atoms with Crippen molar-refractivity contribution < 1.29 is 27.8 Å². The molecule has 0 saturated heterocycles. The van der Waals surface area contributed by atoms with Gasteiger partial charge in [-0.25, -0.2) is 4.98 Å². The van der Waals surface area contributed by atoms with Gasteiger partial charge in [0.1, 0.15) is 11.4 Å². The van der Waals surface area contributed by atoms with Crippen LogP contribution in [0.25, 0.3) is 0 Å². The van der Waals surface area contributed by atoms with Gasteiger partial charge in [0.25, 0.3) is 11.5 Å². The number of benzene rings is 1. The average molecular weight is 386 g/mol. The van der Waals surface area contributed by atoms with Crippen molar-refractivity contribution in [2.75, 3.05) is 25.6 Å². The molecule has 0 spiro atoms. The van der Waals surface area contributed by atoms with Gasteiger partial charge in [-0.3, -0.25) is 14.6 Å². The van der Waals surface area contributed by atoms with Gasteiger partial charge in [0.05, 0.1) is 12.6 Å². The molecule has 2 rings (SSSR count). The van der Waals surface area contributed by atoms with Crippen LogP contribution in [-0.2, 0) is 0 Å². The maximum absolute atomic E-state index is 12.3. The zero-order valence-corrected chi connectivity index (χ0v) is 14.4. The molecule has 0 fully saturated rings. The highest BCUT2D eigenvalue weighted by atomic mass is 19.4. The first-order valence-electron chi connectivity index (χ1n) is 7.65. The Hall–Kier alpha value is -3.08. The van der Waals surface area contributed by atoms with Crippen molar-refractivity contribution in [1.82, 2.24) is 15.3 Å². The Morgan fingerprint density at radius 3 is 2.48 bits per heavy atom. The Morgan fingerprint density at radius 2 is 1.96 bits per heavy atom. The molecule has 11 heteroatoms. The van der Waals surface area contributed by atoms with Crippen LogP contribution in [0.2, 0.25) is 0 Å². The number of aliphatic hydroxyl groups is 1. The maximum Gasteiger partial charge on any atom is 0.573 e. The normalized spacial score (nSPS) is 12.4. The van der Waals surface area contributed by atoms with Crippen LogP contribution in [0.4, 0.5) is 19.1 Å². The van der Waals surface area contributed by atoms with E-state index in [-0.39, 0.29) is 11.6 Å². The minimum absolute atomic E-state index is 0.168. The molecular weight excluding hydrogens is 369 g/mol. The first kappa shape index (κ1) is 20.2. The largest absolute Gasteiger partial charge is 0.573 e. The van der Waals surface area contributed by atoms with E-state index in [0.29, 0.717) is 5.56 Å². The van der Waals surface area contributed by atoms with Crippen molar-refractivity contribution >= 4 is 11.9 Å². The smallest absolute Gasteiger partial charge is 0.406 e. The predicted molar refractivity (Wildman–Crippen MR) is 89.6 cm³/mol. The summed E-state index contributed by atoms with van der Waals surface area (Å²) in [5.74, 6) is -0.984. The molecule has 1 aromatic carbocycles. The number of ether oxygens (including phenoxy) is 1. The standard InChI is InChI=1S/C16H17F3N4O4/c1-23(2)15-21-11(7-13(25)22-15)14(26)20-12(8-24)9-3-5-10(6-4-9)27-16(17,18)19/h3-7,12,24H,8H2,1-2H3,(H,20,26)(H,21,22,25)/t12-/m1/s1. The van der Waals surface area contributed by atoms with Gasteiger partial charge in [-0.15, -0.1) is 13.2 Å². The topological polar surface area (TPSA) is 108 Å². The van der Waals surface area contributed by atoms with E-state index in [2.05, 4.69) is 20.0 Å². The number of alkyl halides is 3. The lowest BCUT2D eigenvalue weighted by Crippen LogP contribution is -2.33. The molecule has 8 nitrogen and oxygen atoms in total. The molecule has 0 bridgehead atoms. The van der Waals surface area contributed by atoms with Crippen LogP contribution in [0.3, 0.4) is 0 Å². The molecule has 1 heterocycles. The molecule has 3 N–H and O–H groups in total. The SMILES string of the molecule is CN(C)c1nc(C(=O)N[C@H](CO)c2ccc(OC(F)(F)F)cc2)cc(=O)[nH]1. The second-order valence-corrected chi connectivity index (χ2v) is 5.67. The van der Waals surface area contributed by atoms with Gasteiger partial charge in [0.15, 0.2) is 0 Å².